The Morgan fingerprint density at radius 2 is 1.90 bits per heavy atom. The molecule has 4 aromatic rings. The van der Waals surface area contributed by atoms with Crippen molar-refractivity contribution in [2.24, 2.45) is 7.05 Å². The zero-order chi connectivity index (χ0) is 20.1. The van der Waals surface area contributed by atoms with Crippen LogP contribution in [0.25, 0.3) is 16.9 Å². The Labute approximate surface area is 170 Å². The molecule has 0 bridgehead atoms. The van der Waals surface area contributed by atoms with Crippen LogP contribution in [-0.4, -0.2) is 33.2 Å². The van der Waals surface area contributed by atoms with Gasteiger partial charge >= 0.3 is 0 Å². The first-order valence-electron chi connectivity index (χ1n) is 9.69. The molecule has 4 rings (SSSR count). The number of aromatic nitrogens is 4. The molecule has 148 valence electrons. The predicted molar refractivity (Wildman–Crippen MR) is 114 cm³/mol. The fourth-order valence-corrected chi connectivity index (χ4v) is 3.32. The lowest BCUT2D eigenvalue weighted by Crippen LogP contribution is -2.16. The summed E-state index contributed by atoms with van der Waals surface area (Å²) in [5, 5.41) is 12.6. The van der Waals surface area contributed by atoms with Crippen molar-refractivity contribution >= 4 is 0 Å². The van der Waals surface area contributed by atoms with Gasteiger partial charge in [0.1, 0.15) is 5.75 Å². The zero-order valence-corrected chi connectivity index (χ0v) is 16.7. The topological polar surface area (TPSA) is 56.9 Å². The summed E-state index contributed by atoms with van der Waals surface area (Å²) < 4.78 is 9.17. The fraction of sp³-hybridized carbons (Fsp3) is 0.217. The van der Waals surface area contributed by atoms with Crippen LogP contribution in [0.1, 0.15) is 11.1 Å². The lowest BCUT2D eigenvalue weighted by Gasteiger charge is -2.06. The zero-order valence-electron chi connectivity index (χ0n) is 16.7. The quantitative estimate of drug-likeness (QED) is 0.469. The Kier molecular flexibility index (Phi) is 5.72. The van der Waals surface area contributed by atoms with E-state index in [-0.39, 0.29) is 0 Å². The fourth-order valence-electron chi connectivity index (χ4n) is 3.32. The Bertz CT molecular complexity index is 1070. The maximum absolute atomic E-state index is 5.40. The third kappa shape index (κ3) is 4.55. The van der Waals surface area contributed by atoms with E-state index in [1.165, 1.54) is 5.56 Å². The van der Waals surface area contributed by atoms with Crippen LogP contribution in [0.5, 0.6) is 5.75 Å². The van der Waals surface area contributed by atoms with E-state index in [0.29, 0.717) is 0 Å². The summed E-state index contributed by atoms with van der Waals surface area (Å²) in [5.41, 5.74) is 5.42. The molecule has 6 nitrogen and oxygen atoms in total. The van der Waals surface area contributed by atoms with E-state index < -0.39 is 0 Å². The standard InChI is InChI=1S/C23H25N5O/c1-27-16-18(14-25-27)11-12-24-15-20-17-28(21-8-4-3-5-9-21)26-23(20)19-7-6-10-22(13-19)29-2/h3-10,13-14,16-17,24H,11-12,15H2,1-2H3. The van der Waals surface area contributed by atoms with Crippen molar-refractivity contribution in [3.05, 3.63) is 84.3 Å². The Morgan fingerprint density at radius 3 is 2.66 bits per heavy atom. The highest BCUT2D eigenvalue weighted by molar-refractivity contribution is 5.65. The van der Waals surface area contributed by atoms with Crippen LogP contribution in [0.3, 0.4) is 0 Å². The van der Waals surface area contributed by atoms with E-state index in [2.05, 4.69) is 41.0 Å². The van der Waals surface area contributed by atoms with Gasteiger partial charge in [-0.25, -0.2) is 4.68 Å². The second-order valence-electron chi connectivity index (χ2n) is 6.96. The summed E-state index contributed by atoms with van der Waals surface area (Å²) in [5.74, 6) is 0.826. The van der Waals surface area contributed by atoms with Crippen molar-refractivity contribution in [1.82, 2.24) is 24.9 Å². The second kappa shape index (κ2) is 8.75. The van der Waals surface area contributed by atoms with Gasteiger partial charge in [-0.1, -0.05) is 30.3 Å². The molecular formula is C23H25N5O. The molecule has 0 aliphatic carbocycles. The number of aryl methyl sites for hydroxylation is 1. The van der Waals surface area contributed by atoms with Crippen molar-refractivity contribution in [2.75, 3.05) is 13.7 Å². The molecule has 0 unspecified atom stereocenters. The smallest absolute Gasteiger partial charge is 0.119 e. The SMILES string of the molecule is COc1cccc(-c2nn(-c3ccccc3)cc2CNCCc2cnn(C)c2)c1. The number of rotatable bonds is 8. The summed E-state index contributed by atoms with van der Waals surface area (Å²) in [6.45, 7) is 1.61. The number of methoxy groups -OCH3 is 1. The number of ether oxygens (including phenoxy) is 1. The summed E-state index contributed by atoms with van der Waals surface area (Å²) in [6.07, 6.45) is 7.00. The van der Waals surface area contributed by atoms with E-state index in [9.17, 15) is 0 Å². The van der Waals surface area contributed by atoms with Crippen molar-refractivity contribution in [1.29, 1.82) is 0 Å². The lowest BCUT2D eigenvalue weighted by atomic mass is 10.1. The number of hydrogen-bond acceptors (Lipinski definition) is 4. The highest BCUT2D eigenvalue weighted by Gasteiger charge is 2.13. The van der Waals surface area contributed by atoms with E-state index in [4.69, 9.17) is 9.84 Å². The third-order valence-corrected chi connectivity index (χ3v) is 4.82. The minimum Gasteiger partial charge on any atom is -0.497 e. The van der Waals surface area contributed by atoms with Gasteiger partial charge in [-0.05, 0) is 42.8 Å². The molecule has 0 saturated heterocycles. The number of nitrogens with one attached hydrogen (secondary N) is 1. The number of benzene rings is 2. The molecule has 0 saturated carbocycles. The lowest BCUT2D eigenvalue weighted by molar-refractivity contribution is 0.415. The van der Waals surface area contributed by atoms with Crippen molar-refractivity contribution < 1.29 is 4.74 Å². The number of hydrogen-bond donors (Lipinski definition) is 1. The number of para-hydroxylation sites is 1. The van der Waals surface area contributed by atoms with Gasteiger partial charge in [-0.2, -0.15) is 10.2 Å². The van der Waals surface area contributed by atoms with Gasteiger partial charge in [-0.15, -0.1) is 0 Å². The first-order valence-corrected chi connectivity index (χ1v) is 9.69. The van der Waals surface area contributed by atoms with Crippen LogP contribution >= 0.6 is 0 Å². The number of nitrogens with zero attached hydrogens (tertiary/aromatic N) is 4. The van der Waals surface area contributed by atoms with Crippen LogP contribution in [0, 0.1) is 0 Å². The average molecular weight is 387 g/mol. The maximum atomic E-state index is 5.40. The molecule has 6 heteroatoms. The molecule has 0 aliphatic heterocycles. The van der Waals surface area contributed by atoms with Crippen LogP contribution < -0.4 is 10.1 Å². The van der Waals surface area contributed by atoms with E-state index >= 15 is 0 Å². The molecular weight excluding hydrogens is 362 g/mol. The summed E-state index contributed by atoms with van der Waals surface area (Å²) in [6, 6.07) is 18.2. The van der Waals surface area contributed by atoms with Crippen LogP contribution in [-0.2, 0) is 20.0 Å². The molecule has 0 atom stereocenters. The Balaban J connectivity index is 1.55. The van der Waals surface area contributed by atoms with E-state index in [1.807, 2.05) is 59.0 Å². The first kappa shape index (κ1) is 19.0. The van der Waals surface area contributed by atoms with Crippen molar-refractivity contribution in [3.63, 3.8) is 0 Å². The van der Waals surface area contributed by atoms with Gasteiger partial charge in [0.15, 0.2) is 0 Å². The summed E-state index contributed by atoms with van der Waals surface area (Å²) in [4.78, 5) is 0. The molecule has 2 aromatic carbocycles. The highest BCUT2D eigenvalue weighted by atomic mass is 16.5. The van der Waals surface area contributed by atoms with Crippen molar-refractivity contribution in [3.8, 4) is 22.7 Å². The van der Waals surface area contributed by atoms with Gasteiger partial charge in [0.25, 0.3) is 0 Å². The molecule has 0 radical (unpaired) electrons. The molecule has 0 aliphatic rings. The molecule has 2 aromatic heterocycles. The molecule has 0 amide bonds. The van der Waals surface area contributed by atoms with Gasteiger partial charge in [0.05, 0.1) is 24.7 Å². The highest BCUT2D eigenvalue weighted by Crippen LogP contribution is 2.27. The van der Waals surface area contributed by atoms with Crippen molar-refractivity contribution in [2.45, 2.75) is 13.0 Å². The summed E-state index contributed by atoms with van der Waals surface area (Å²) >= 11 is 0. The molecule has 1 N–H and O–H groups in total. The monoisotopic (exact) mass is 387 g/mol. The van der Waals surface area contributed by atoms with Crippen LogP contribution in [0.4, 0.5) is 0 Å². The molecule has 0 spiro atoms. The minimum absolute atomic E-state index is 0.736. The van der Waals surface area contributed by atoms with Gasteiger partial charge in [0, 0.05) is 37.1 Å². The Hall–Kier alpha value is -3.38. The normalized spacial score (nSPS) is 11.0. The average Bonchev–Trinajstić information content (AvgIpc) is 3.38. The predicted octanol–water partition coefficient (Wildman–Crippen LogP) is 3.61. The maximum Gasteiger partial charge on any atom is 0.119 e. The van der Waals surface area contributed by atoms with E-state index in [1.54, 1.807) is 7.11 Å². The Morgan fingerprint density at radius 1 is 1.03 bits per heavy atom. The third-order valence-electron chi connectivity index (χ3n) is 4.82. The van der Waals surface area contributed by atoms with Gasteiger partial charge in [0.2, 0.25) is 0 Å². The molecule has 2 heterocycles. The first-order chi connectivity index (χ1) is 14.2. The van der Waals surface area contributed by atoms with Crippen LogP contribution in [0.2, 0.25) is 0 Å². The molecule has 0 fully saturated rings. The second-order valence-corrected chi connectivity index (χ2v) is 6.96. The molecule has 29 heavy (non-hydrogen) atoms. The summed E-state index contributed by atoms with van der Waals surface area (Å²) in [7, 11) is 3.62. The minimum atomic E-state index is 0.736. The van der Waals surface area contributed by atoms with E-state index in [0.717, 1.165) is 47.8 Å². The van der Waals surface area contributed by atoms with Crippen LogP contribution in [0.15, 0.2) is 73.2 Å². The van der Waals surface area contributed by atoms with Gasteiger partial charge in [-0.3, -0.25) is 4.68 Å². The van der Waals surface area contributed by atoms with Gasteiger partial charge < -0.3 is 10.1 Å². The largest absolute Gasteiger partial charge is 0.497 e.